The second kappa shape index (κ2) is 8.72. The summed E-state index contributed by atoms with van der Waals surface area (Å²) in [5.41, 5.74) is 0.675. The molecule has 0 saturated heterocycles. The number of nitrogens with one attached hydrogen (secondary N) is 1. The van der Waals surface area contributed by atoms with Crippen molar-refractivity contribution in [3.05, 3.63) is 70.8 Å². The summed E-state index contributed by atoms with van der Waals surface area (Å²) in [6.45, 7) is 0.0158. The third-order valence-corrected chi connectivity index (χ3v) is 3.24. The zero-order valence-electron chi connectivity index (χ0n) is 13.8. The minimum atomic E-state index is -4.41. The predicted molar refractivity (Wildman–Crippen MR) is 91.7 cm³/mol. The van der Waals surface area contributed by atoms with Crippen LogP contribution in [0.2, 0.25) is 0 Å². The fourth-order valence-electron chi connectivity index (χ4n) is 1.98. The molecule has 0 atom stereocenters. The van der Waals surface area contributed by atoms with E-state index in [9.17, 15) is 18.0 Å². The minimum Gasteiger partial charge on any atom is -0.399 e. The number of amides is 1. The van der Waals surface area contributed by atoms with Gasteiger partial charge in [0, 0.05) is 11.1 Å². The van der Waals surface area contributed by atoms with E-state index >= 15 is 0 Å². The Hall–Kier alpha value is -3.27. The Morgan fingerprint density at radius 1 is 1.23 bits per heavy atom. The van der Waals surface area contributed by atoms with E-state index < -0.39 is 11.7 Å². The molecular formula is C19H15F3N2O2. The van der Waals surface area contributed by atoms with Gasteiger partial charge in [0.15, 0.2) is 0 Å². The summed E-state index contributed by atoms with van der Waals surface area (Å²) in [7, 11) is 1.43. The summed E-state index contributed by atoms with van der Waals surface area (Å²) in [6.07, 6.45) is -2.91. The molecule has 134 valence electrons. The van der Waals surface area contributed by atoms with Gasteiger partial charge in [0.1, 0.15) is 7.11 Å². The Labute approximate surface area is 148 Å². The largest absolute Gasteiger partial charge is 0.416 e. The van der Waals surface area contributed by atoms with Crippen LogP contribution in [-0.4, -0.2) is 25.8 Å². The molecule has 0 aliphatic heterocycles. The third-order valence-electron chi connectivity index (χ3n) is 3.24. The highest BCUT2D eigenvalue weighted by atomic mass is 19.4. The second-order valence-corrected chi connectivity index (χ2v) is 5.10. The highest BCUT2D eigenvalue weighted by Crippen LogP contribution is 2.29. The van der Waals surface area contributed by atoms with Gasteiger partial charge in [-0.1, -0.05) is 35.2 Å². The lowest BCUT2D eigenvalue weighted by Gasteiger charge is -2.05. The molecule has 4 nitrogen and oxygen atoms in total. The Bertz CT molecular complexity index is 848. The highest BCUT2D eigenvalue weighted by Gasteiger charge is 2.30. The Morgan fingerprint density at radius 2 is 1.96 bits per heavy atom. The van der Waals surface area contributed by atoms with Crippen LogP contribution in [0, 0.1) is 11.8 Å². The van der Waals surface area contributed by atoms with E-state index in [1.807, 2.05) is 0 Å². The van der Waals surface area contributed by atoms with Gasteiger partial charge < -0.3 is 10.2 Å². The van der Waals surface area contributed by atoms with Crippen LogP contribution in [-0.2, 0) is 11.0 Å². The fourth-order valence-corrected chi connectivity index (χ4v) is 1.98. The molecule has 0 heterocycles. The van der Waals surface area contributed by atoms with Crippen molar-refractivity contribution in [3.63, 3.8) is 0 Å². The van der Waals surface area contributed by atoms with Crippen LogP contribution in [0.5, 0.6) is 0 Å². The topological polar surface area (TPSA) is 50.7 Å². The highest BCUT2D eigenvalue weighted by molar-refractivity contribution is 5.95. The van der Waals surface area contributed by atoms with E-state index in [1.165, 1.54) is 25.5 Å². The maximum absolute atomic E-state index is 12.6. The van der Waals surface area contributed by atoms with E-state index in [2.05, 4.69) is 27.2 Å². The first-order valence-electron chi connectivity index (χ1n) is 7.51. The molecule has 2 aromatic carbocycles. The van der Waals surface area contributed by atoms with Gasteiger partial charge in [-0.15, -0.1) is 0 Å². The van der Waals surface area contributed by atoms with Gasteiger partial charge in [-0.2, -0.15) is 13.2 Å². The van der Waals surface area contributed by atoms with Crippen molar-refractivity contribution in [2.75, 3.05) is 13.7 Å². The summed E-state index contributed by atoms with van der Waals surface area (Å²) in [6, 6.07) is 11.4. The molecule has 0 aromatic heterocycles. The van der Waals surface area contributed by atoms with Crippen LogP contribution in [0.4, 0.5) is 13.2 Å². The van der Waals surface area contributed by atoms with E-state index in [0.29, 0.717) is 5.56 Å². The minimum absolute atomic E-state index is 0.0158. The molecule has 0 unspecified atom stereocenters. The number of oxime groups is 1. The van der Waals surface area contributed by atoms with Crippen molar-refractivity contribution < 1.29 is 22.8 Å². The third kappa shape index (κ3) is 5.67. The number of nitrogens with zero attached hydrogens (tertiary/aromatic N) is 1. The van der Waals surface area contributed by atoms with Gasteiger partial charge in [-0.3, -0.25) is 4.79 Å². The number of alkyl halides is 3. The number of carbonyl (C=O) groups is 1. The number of halogens is 3. The molecule has 0 bridgehead atoms. The number of rotatable bonds is 4. The Balaban J connectivity index is 1.93. The smallest absolute Gasteiger partial charge is 0.399 e. The number of hydrogen-bond donors (Lipinski definition) is 1. The number of carbonyl (C=O) groups excluding carboxylic acids is 1. The van der Waals surface area contributed by atoms with Gasteiger partial charge in [0.25, 0.3) is 5.91 Å². The summed E-state index contributed by atoms with van der Waals surface area (Å²) >= 11 is 0. The average molecular weight is 360 g/mol. The first-order valence-corrected chi connectivity index (χ1v) is 7.51. The molecule has 0 spiro atoms. The van der Waals surface area contributed by atoms with Crippen LogP contribution >= 0.6 is 0 Å². The number of benzene rings is 2. The summed E-state index contributed by atoms with van der Waals surface area (Å²) in [4.78, 5) is 16.5. The summed E-state index contributed by atoms with van der Waals surface area (Å²) < 4.78 is 37.9. The fraction of sp³-hybridized carbons (Fsp3) is 0.158. The molecule has 1 amide bonds. The Morgan fingerprint density at radius 3 is 2.62 bits per heavy atom. The molecule has 1 N–H and O–H groups in total. The van der Waals surface area contributed by atoms with Crippen molar-refractivity contribution in [1.29, 1.82) is 0 Å². The van der Waals surface area contributed by atoms with E-state index in [0.717, 1.165) is 17.7 Å². The molecule has 26 heavy (non-hydrogen) atoms. The van der Waals surface area contributed by atoms with Crippen molar-refractivity contribution in [1.82, 2.24) is 5.32 Å². The van der Waals surface area contributed by atoms with Crippen LogP contribution in [0.3, 0.4) is 0 Å². The second-order valence-electron chi connectivity index (χ2n) is 5.10. The molecule has 0 fully saturated rings. The van der Waals surface area contributed by atoms with Crippen LogP contribution in [0.1, 0.15) is 27.0 Å². The maximum atomic E-state index is 12.6. The average Bonchev–Trinajstić information content (AvgIpc) is 2.63. The predicted octanol–water partition coefficient (Wildman–Crippen LogP) is 3.47. The van der Waals surface area contributed by atoms with Gasteiger partial charge >= 0.3 is 6.18 Å². The monoisotopic (exact) mass is 360 g/mol. The molecule has 2 aromatic rings. The van der Waals surface area contributed by atoms with Gasteiger partial charge in [0.05, 0.1) is 18.3 Å². The van der Waals surface area contributed by atoms with Crippen LogP contribution in [0.15, 0.2) is 53.7 Å². The number of hydrogen-bond acceptors (Lipinski definition) is 3. The first-order chi connectivity index (χ1) is 12.4. The van der Waals surface area contributed by atoms with Gasteiger partial charge in [-0.25, -0.2) is 0 Å². The van der Waals surface area contributed by atoms with Gasteiger partial charge in [0.2, 0.25) is 0 Å². The summed E-state index contributed by atoms with van der Waals surface area (Å²) in [5.74, 6) is 4.90. The normalized spacial score (nSPS) is 10.9. The van der Waals surface area contributed by atoms with E-state index in [-0.39, 0.29) is 18.0 Å². The van der Waals surface area contributed by atoms with Crippen LogP contribution in [0.25, 0.3) is 0 Å². The van der Waals surface area contributed by atoms with Crippen LogP contribution < -0.4 is 5.32 Å². The van der Waals surface area contributed by atoms with Crippen molar-refractivity contribution in [2.24, 2.45) is 5.16 Å². The van der Waals surface area contributed by atoms with Crippen molar-refractivity contribution >= 4 is 12.1 Å². The SMILES string of the molecule is CO/N=C/c1ccc(C(=O)NCC#Cc2cccc(C(F)(F)F)c2)cc1. The lowest BCUT2D eigenvalue weighted by atomic mass is 10.1. The lowest BCUT2D eigenvalue weighted by molar-refractivity contribution is -0.137. The van der Waals surface area contributed by atoms with Crippen molar-refractivity contribution in [2.45, 2.75) is 6.18 Å². The van der Waals surface area contributed by atoms with Crippen molar-refractivity contribution in [3.8, 4) is 11.8 Å². The molecular weight excluding hydrogens is 345 g/mol. The van der Waals surface area contributed by atoms with E-state index in [1.54, 1.807) is 24.3 Å². The van der Waals surface area contributed by atoms with E-state index in [4.69, 9.17) is 0 Å². The zero-order valence-corrected chi connectivity index (χ0v) is 13.8. The first kappa shape index (κ1) is 19.1. The molecule has 0 aliphatic carbocycles. The Kier molecular flexibility index (Phi) is 6.39. The quantitative estimate of drug-likeness (QED) is 0.516. The molecule has 0 aliphatic rings. The molecule has 0 saturated carbocycles. The molecule has 7 heteroatoms. The molecule has 2 rings (SSSR count). The molecule has 0 radical (unpaired) electrons. The zero-order chi connectivity index (χ0) is 19.0. The maximum Gasteiger partial charge on any atom is 0.416 e. The lowest BCUT2D eigenvalue weighted by Crippen LogP contribution is -2.23. The summed E-state index contributed by atoms with van der Waals surface area (Å²) in [5, 5.41) is 6.20. The van der Waals surface area contributed by atoms with Gasteiger partial charge in [-0.05, 0) is 35.9 Å². The standard InChI is InChI=1S/C19H15F3N2O2/c1-26-24-13-15-7-9-16(10-8-15)18(25)23-11-3-5-14-4-2-6-17(12-14)19(20,21)22/h2,4,6-10,12-13H,11H2,1H3,(H,23,25)/b24-13+.